The zero-order valence-corrected chi connectivity index (χ0v) is 10.6. The van der Waals surface area contributed by atoms with Crippen molar-refractivity contribution in [3.05, 3.63) is 28.0 Å². The van der Waals surface area contributed by atoms with E-state index >= 15 is 0 Å². The molecule has 2 heterocycles. The van der Waals surface area contributed by atoms with Crippen LogP contribution in [0, 0.1) is 6.92 Å². The SMILES string of the molecule is Cc1ncc(Cn2cc(CCCCl)nn2)s1. The summed E-state index contributed by atoms with van der Waals surface area (Å²) in [7, 11) is 0. The maximum atomic E-state index is 5.63. The molecule has 0 aliphatic heterocycles. The molecule has 0 atom stereocenters. The molecule has 0 N–H and O–H groups in total. The van der Waals surface area contributed by atoms with Gasteiger partial charge < -0.3 is 0 Å². The second-order valence-corrected chi connectivity index (χ2v) is 5.24. The van der Waals surface area contributed by atoms with E-state index in [2.05, 4.69) is 15.3 Å². The van der Waals surface area contributed by atoms with Gasteiger partial charge in [-0.1, -0.05) is 5.21 Å². The van der Waals surface area contributed by atoms with Crippen molar-refractivity contribution in [3.63, 3.8) is 0 Å². The van der Waals surface area contributed by atoms with Crippen LogP contribution in [-0.4, -0.2) is 25.9 Å². The summed E-state index contributed by atoms with van der Waals surface area (Å²) in [6.45, 7) is 2.75. The van der Waals surface area contributed by atoms with E-state index in [-0.39, 0.29) is 0 Å². The zero-order valence-electron chi connectivity index (χ0n) is 9.06. The third kappa shape index (κ3) is 3.02. The van der Waals surface area contributed by atoms with E-state index in [1.807, 2.05) is 24.0 Å². The second-order valence-electron chi connectivity index (χ2n) is 3.55. The van der Waals surface area contributed by atoms with Crippen LogP contribution in [0.5, 0.6) is 0 Å². The fourth-order valence-electron chi connectivity index (χ4n) is 1.42. The molecular formula is C10H13ClN4S. The largest absolute Gasteiger partial charge is 0.250 e. The molecule has 0 unspecified atom stereocenters. The molecule has 0 amide bonds. The lowest BCUT2D eigenvalue weighted by molar-refractivity contribution is 0.654. The van der Waals surface area contributed by atoms with Crippen molar-refractivity contribution in [1.29, 1.82) is 0 Å². The Labute approximate surface area is 103 Å². The average Bonchev–Trinajstić information content (AvgIpc) is 2.86. The smallest absolute Gasteiger partial charge is 0.0897 e. The van der Waals surface area contributed by atoms with Gasteiger partial charge in [0.15, 0.2) is 0 Å². The summed E-state index contributed by atoms with van der Waals surface area (Å²) in [4.78, 5) is 5.41. The van der Waals surface area contributed by atoms with Gasteiger partial charge in [0, 0.05) is 23.2 Å². The molecule has 2 rings (SSSR count). The van der Waals surface area contributed by atoms with E-state index in [0.717, 1.165) is 30.1 Å². The summed E-state index contributed by atoms with van der Waals surface area (Å²) in [5.74, 6) is 0.668. The highest BCUT2D eigenvalue weighted by molar-refractivity contribution is 7.11. The third-order valence-corrected chi connectivity index (χ3v) is 3.30. The molecule has 0 saturated carbocycles. The molecule has 0 aliphatic carbocycles. The van der Waals surface area contributed by atoms with Crippen LogP contribution in [0.4, 0.5) is 0 Å². The van der Waals surface area contributed by atoms with Crippen molar-refractivity contribution in [2.45, 2.75) is 26.3 Å². The second kappa shape index (κ2) is 5.41. The molecule has 0 aliphatic rings. The van der Waals surface area contributed by atoms with E-state index in [0.29, 0.717) is 5.88 Å². The number of hydrogen-bond donors (Lipinski definition) is 0. The van der Waals surface area contributed by atoms with Gasteiger partial charge in [-0.15, -0.1) is 28.0 Å². The van der Waals surface area contributed by atoms with Gasteiger partial charge >= 0.3 is 0 Å². The van der Waals surface area contributed by atoms with E-state index < -0.39 is 0 Å². The van der Waals surface area contributed by atoms with E-state index in [4.69, 9.17) is 11.6 Å². The molecular weight excluding hydrogens is 244 g/mol. The molecule has 86 valence electrons. The number of aryl methyl sites for hydroxylation is 2. The Bertz CT molecular complexity index is 451. The summed E-state index contributed by atoms with van der Waals surface area (Å²) in [6.07, 6.45) is 5.70. The van der Waals surface area contributed by atoms with Gasteiger partial charge in [0.05, 0.1) is 17.2 Å². The lowest BCUT2D eigenvalue weighted by atomic mass is 10.3. The average molecular weight is 257 g/mol. The van der Waals surface area contributed by atoms with Crippen LogP contribution in [0.25, 0.3) is 0 Å². The van der Waals surface area contributed by atoms with Gasteiger partial charge in [-0.25, -0.2) is 9.67 Å². The molecule has 0 spiro atoms. The Balaban J connectivity index is 1.97. The van der Waals surface area contributed by atoms with Crippen molar-refractivity contribution in [2.75, 3.05) is 5.88 Å². The van der Waals surface area contributed by atoms with Crippen molar-refractivity contribution in [3.8, 4) is 0 Å². The normalized spacial score (nSPS) is 10.9. The Morgan fingerprint density at radius 1 is 1.50 bits per heavy atom. The first-order valence-electron chi connectivity index (χ1n) is 5.14. The Kier molecular flexibility index (Phi) is 3.90. The highest BCUT2D eigenvalue weighted by atomic mass is 35.5. The van der Waals surface area contributed by atoms with Gasteiger partial charge in [0.25, 0.3) is 0 Å². The fourth-order valence-corrected chi connectivity index (χ4v) is 2.34. The van der Waals surface area contributed by atoms with Gasteiger partial charge in [-0.3, -0.25) is 0 Å². The summed E-state index contributed by atoms with van der Waals surface area (Å²) in [5.41, 5.74) is 1.00. The van der Waals surface area contributed by atoms with Gasteiger partial charge in [0.1, 0.15) is 0 Å². The minimum atomic E-state index is 0.668. The van der Waals surface area contributed by atoms with Crippen LogP contribution in [0.3, 0.4) is 0 Å². The number of halogens is 1. The predicted molar refractivity (Wildman–Crippen MR) is 65.0 cm³/mol. The molecule has 0 fully saturated rings. The highest BCUT2D eigenvalue weighted by Gasteiger charge is 2.03. The van der Waals surface area contributed by atoms with Crippen LogP contribution in [0.2, 0.25) is 0 Å². The summed E-state index contributed by atoms with van der Waals surface area (Å²) in [5, 5.41) is 9.25. The lowest BCUT2D eigenvalue weighted by Gasteiger charge is -1.94. The zero-order chi connectivity index (χ0) is 11.4. The molecule has 2 aromatic rings. The first-order chi connectivity index (χ1) is 7.78. The number of rotatable bonds is 5. The number of hydrogen-bond acceptors (Lipinski definition) is 4. The van der Waals surface area contributed by atoms with Crippen LogP contribution in [-0.2, 0) is 13.0 Å². The maximum Gasteiger partial charge on any atom is 0.0897 e. The predicted octanol–water partition coefficient (Wildman–Crippen LogP) is 2.26. The molecule has 4 nitrogen and oxygen atoms in total. The van der Waals surface area contributed by atoms with Crippen molar-refractivity contribution in [2.24, 2.45) is 0 Å². The number of aromatic nitrogens is 4. The van der Waals surface area contributed by atoms with E-state index in [1.54, 1.807) is 11.3 Å². The molecule has 0 saturated heterocycles. The van der Waals surface area contributed by atoms with Gasteiger partial charge in [-0.05, 0) is 19.8 Å². The molecule has 2 aromatic heterocycles. The van der Waals surface area contributed by atoms with E-state index in [9.17, 15) is 0 Å². The van der Waals surface area contributed by atoms with Crippen molar-refractivity contribution < 1.29 is 0 Å². The number of nitrogens with zero attached hydrogens (tertiary/aromatic N) is 4. The van der Waals surface area contributed by atoms with Gasteiger partial charge in [-0.2, -0.15) is 0 Å². The lowest BCUT2D eigenvalue weighted by Crippen LogP contribution is -1.98. The molecule has 16 heavy (non-hydrogen) atoms. The van der Waals surface area contributed by atoms with Gasteiger partial charge in [0.2, 0.25) is 0 Å². The minimum Gasteiger partial charge on any atom is -0.250 e. The molecule has 0 bridgehead atoms. The first kappa shape index (κ1) is 11.5. The Hall–Kier alpha value is -0.940. The summed E-state index contributed by atoms with van der Waals surface area (Å²) < 4.78 is 1.84. The maximum absolute atomic E-state index is 5.63. The van der Waals surface area contributed by atoms with E-state index in [1.165, 1.54) is 4.88 Å². The van der Waals surface area contributed by atoms with Crippen molar-refractivity contribution in [1.82, 2.24) is 20.0 Å². The standard InChI is InChI=1S/C10H13ClN4S/c1-8-12-5-10(16-8)7-15-6-9(13-14-15)3-2-4-11/h5-6H,2-4,7H2,1H3. The molecule has 0 radical (unpaired) electrons. The molecule has 0 aromatic carbocycles. The Morgan fingerprint density at radius 3 is 3.06 bits per heavy atom. The monoisotopic (exact) mass is 256 g/mol. The summed E-state index contributed by atoms with van der Waals surface area (Å²) in [6, 6.07) is 0. The minimum absolute atomic E-state index is 0.668. The number of thiazole rings is 1. The van der Waals surface area contributed by atoms with Crippen LogP contribution in [0.15, 0.2) is 12.4 Å². The highest BCUT2D eigenvalue weighted by Crippen LogP contribution is 2.12. The summed E-state index contributed by atoms with van der Waals surface area (Å²) >= 11 is 7.32. The molecule has 6 heteroatoms. The fraction of sp³-hybridized carbons (Fsp3) is 0.500. The number of alkyl halides is 1. The third-order valence-electron chi connectivity index (χ3n) is 2.14. The van der Waals surface area contributed by atoms with Crippen LogP contribution < -0.4 is 0 Å². The van der Waals surface area contributed by atoms with Crippen LogP contribution >= 0.6 is 22.9 Å². The Morgan fingerprint density at radius 2 is 2.38 bits per heavy atom. The van der Waals surface area contributed by atoms with Crippen molar-refractivity contribution >= 4 is 22.9 Å². The first-order valence-corrected chi connectivity index (χ1v) is 6.49. The van der Waals surface area contributed by atoms with Crippen LogP contribution in [0.1, 0.15) is 22.0 Å². The quantitative estimate of drug-likeness (QED) is 0.771. The topological polar surface area (TPSA) is 43.6 Å².